The lowest BCUT2D eigenvalue weighted by atomic mass is 10.1. The minimum absolute atomic E-state index is 0.0125. The molecule has 2 aromatic rings. The molecule has 0 radical (unpaired) electrons. The molecule has 1 heterocycles. The van der Waals surface area contributed by atoms with Crippen LogP contribution >= 0.6 is 0 Å². The lowest BCUT2D eigenvalue weighted by Crippen LogP contribution is -2.34. The normalized spacial score (nSPS) is 15.4. The molecule has 2 aromatic carbocycles. The van der Waals surface area contributed by atoms with E-state index in [-0.39, 0.29) is 6.10 Å². The smallest absolute Gasteiger partial charge is 0.338 e. The van der Waals surface area contributed by atoms with Crippen molar-refractivity contribution in [3.8, 4) is 17.2 Å². The zero-order valence-electron chi connectivity index (χ0n) is 23.7. The number of nitrogens with two attached hydrogens (primary N) is 1. The minimum Gasteiger partial charge on any atom is -0.493 e. The van der Waals surface area contributed by atoms with Crippen molar-refractivity contribution in [3.63, 3.8) is 0 Å². The van der Waals surface area contributed by atoms with Gasteiger partial charge in [0, 0.05) is 26.1 Å². The summed E-state index contributed by atoms with van der Waals surface area (Å²) < 4.78 is 28.3. The Bertz CT molecular complexity index is 990. The number of nitrogens with zero attached hydrogens (tertiary/aromatic N) is 2. The summed E-state index contributed by atoms with van der Waals surface area (Å²) in [5.74, 6) is 0.817. The zero-order valence-corrected chi connectivity index (χ0v) is 23.7. The van der Waals surface area contributed by atoms with Crippen LogP contribution in [0.5, 0.6) is 17.2 Å². The number of carbonyl (C=O) groups is 1. The average molecular weight is 544 g/mol. The van der Waals surface area contributed by atoms with E-state index in [2.05, 4.69) is 21.9 Å². The number of carbonyl (C=O) groups excluding carboxylic acids is 1. The first-order chi connectivity index (χ1) is 19.1. The molecule has 2 N–H and O–H groups in total. The topological polar surface area (TPSA) is 95.7 Å². The Morgan fingerprint density at radius 1 is 0.923 bits per heavy atom. The van der Waals surface area contributed by atoms with Gasteiger partial charge >= 0.3 is 5.97 Å². The second-order valence-electron chi connectivity index (χ2n) is 9.72. The van der Waals surface area contributed by atoms with Gasteiger partial charge in [0.1, 0.15) is 0 Å². The van der Waals surface area contributed by atoms with Gasteiger partial charge in [-0.1, -0.05) is 30.3 Å². The summed E-state index contributed by atoms with van der Waals surface area (Å²) in [7, 11) is 4.42. The van der Waals surface area contributed by atoms with Crippen molar-refractivity contribution in [1.82, 2.24) is 9.80 Å². The van der Waals surface area contributed by atoms with Gasteiger partial charge in [-0.3, -0.25) is 0 Å². The van der Waals surface area contributed by atoms with Crippen molar-refractivity contribution in [2.75, 3.05) is 73.7 Å². The van der Waals surface area contributed by atoms with Crippen LogP contribution < -0.4 is 19.9 Å². The van der Waals surface area contributed by atoms with E-state index in [1.165, 1.54) is 20.6 Å². The van der Waals surface area contributed by atoms with Gasteiger partial charge in [0.25, 0.3) is 0 Å². The molecule has 1 saturated heterocycles. The van der Waals surface area contributed by atoms with E-state index in [0.717, 1.165) is 64.2 Å². The Morgan fingerprint density at radius 3 is 2.31 bits per heavy atom. The van der Waals surface area contributed by atoms with E-state index >= 15 is 0 Å². The standard InChI is InChI=1S/C30H45N3O6/c1-35-27-21-25(30(34)37-3)22-28(29(27)36-2)38-20-12-26(39-23-24-9-5-4-6-10-24)11-17-33-16-8-15-32(18-19-33)14-7-13-31/h4-6,9-10,21-22,26H,7-8,11-20,23,31H2,1-3H3/t26-/m0/s1. The molecule has 0 bridgehead atoms. The predicted octanol–water partition coefficient (Wildman–Crippen LogP) is 3.59. The molecule has 39 heavy (non-hydrogen) atoms. The SMILES string of the molecule is COC(=O)c1cc(OC)c(OC)c(OCC[C@H](CCN2CCCN(CCCN)CC2)OCc2ccccc2)c1. The number of rotatable bonds is 16. The van der Waals surface area contributed by atoms with E-state index in [4.69, 9.17) is 29.4 Å². The molecule has 3 rings (SSSR count). The summed E-state index contributed by atoms with van der Waals surface area (Å²) in [6.45, 7) is 8.11. The molecular weight excluding hydrogens is 498 g/mol. The fourth-order valence-corrected chi connectivity index (χ4v) is 4.79. The van der Waals surface area contributed by atoms with E-state index in [1.54, 1.807) is 19.2 Å². The van der Waals surface area contributed by atoms with Gasteiger partial charge in [0.05, 0.1) is 46.2 Å². The number of benzene rings is 2. The molecule has 0 saturated carbocycles. The molecule has 1 aliphatic heterocycles. The average Bonchev–Trinajstić information content (AvgIpc) is 3.21. The number of ether oxygens (including phenoxy) is 5. The second-order valence-corrected chi connectivity index (χ2v) is 9.72. The summed E-state index contributed by atoms with van der Waals surface area (Å²) >= 11 is 0. The first-order valence-corrected chi connectivity index (χ1v) is 13.8. The van der Waals surface area contributed by atoms with Gasteiger partial charge in [0.15, 0.2) is 11.5 Å². The maximum Gasteiger partial charge on any atom is 0.338 e. The molecule has 0 aromatic heterocycles. The lowest BCUT2D eigenvalue weighted by molar-refractivity contribution is 0.0149. The van der Waals surface area contributed by atoms with Crippen molar-refractivity contribution in [2.24, 2.45) is 5.73 Å². The summed E-state index contributed by atoms with van der Waals surface area (Å²) in [6.07, 6.45) is 3.83. The third-order valence-electron chi connectivity index (χ3n) is 7.02. The number of methoxy groups -OCH3 is 3. The van der Waals surface area contributed by atoms with E-state index < -0.39 is 5.97 Å². The molecule has 1 fully saturated rings. The molecule has 0 spiro atoms. The van der Waals surface area contributed by atoms with Gasteiger partial charge in [0.2, 0.25) is 5.75 Å². The predicted molar refractivity (Wildman–Crippen MR) is 152 cm³/mol. The largest absolute Gasteiger partial charge is 0.493 e. The van der Waals surface area contributed by atoms with Crippen molar-refractivity contribution in [1.29, 1.82) is 0 Å². The van der Waals surface area contributed by atoms with Crippen molar-refractivity contribution in [3.05, 3.63) is 53.6 Å². The summed E-state index contributed by atoms with van der Waals surface area (Å²) in [5.41, 5.74) is 7.18. The highest BCUT2D eigenvalue weighted by Gasteiger charge is 2.20. The fourth-order valence-electron chi connectivity index (χ4n) is 4.79. The van der Waals surface area contributed by atoms with E-state index in [0.29, 0.717) is 42.4 Å². The summed E-state index contributed by atoms with van der Waals surface area (Å²) in [4.78, 5) is 17.2. The molecule has 1 aliphatic rings. The van der Waals surface area contributed by atoms with Crippen LogP contribution in [0.15, 0.2) is 42.5 Å². The molecule has 0 unspecified atom stereocenters. The van der Waals surface area contributed by atoms with Crippen LogP contribution in [0.1, 0.15) is 41.6 Å². The van der Waals surface area contributed by atoms with Gasteiger partial charge in [-0.15, -0.1) is 0 Å². The van der Waals surface area contributed by atoms with Crippen LogP contribution in [-0.2, 0) is 16.1 Å². The summed E-state index contributed by atoms with van der Waals surface area (Å²) in [6, 6.07) is 13.4. The Hall–Kier alpha value is -2.85. The van der Waals surface area contributed by atoms with Crippen LogP contribution in [0.4, 0.5) is 0 Å². The Labute approximate surface area is 233 Å². The first-order valence-electron chi connectivity index (χ1n) is 13.8. The maximum absolute atomic E-state index is 12.2. The molecule has 9 nitrogen and oxygen atoms in total. The zero-order chi connectivity index (χ0) is 27.9. The van der Waals surface area contributed by atoms with Crippen LogP contribution in [0.3, 0.4) is 0 Å². The Morgan fingerprint density at radius 2 is 1.64 bits per heavy atom. The third kappa shape index (κ3) is 10.0. The van der Waals surface area contributed by atoms with Gasteiger partial charge in [-0.05, 0) is 63.1 Å². The Balaban J connectivity index is 1.61. The van der Waals surface area contributed by atoms with Crippen LogP contribution in [0.25, 0.3) is 0 Å². The molecule has 1 atom stereocenters. The highest BCUT2D eigenvalue weighted by Crippen LogP contribution is 2.38. The number of hydrogen-bond acceptors (Lipinski definition) is 9. The molecule has 216 valence electrons. The fraction of sp³-hybridized carbons (Fsp3) is 0.567. The van der Waals surface area contributed by atoms with Gasteiger partial charge in [-0.25, -0.2) is 4.79 Å². The number of esters is 1. The van der Waals surface area contributed by atoms with Crippen LogP contribution in [0, 0.1) is 0 Å². The lowest BCUT2D eigenvalue weighted by Gasteiger charge is -2.25. The van der Waals surface area contributed by atoms with E-state index in [1.807, 2.05) is 18.2 Å². The van der Waals surface area contributed by atoms with Crippen LogP contribution in [0.2, 0.25) is 0 Å². The first kappa shape index (κ1) is 30.7. The van der Waals surface area contributed by atoms with Crippen molar-refractivity contribution >= 4 is 5.97 Å². The van der Waals surface area contributed by atoms with Gasteiger partial charge < -0.3 is 39.2 Å². The molecular formula is C30H45N3O6. The van der Waals surface area contributed by atoms with Crippen molar-refractivity contribution < 1.29 is 28.5 Å². The molecule has 9 heteroatoms. The minimum atomic E-state index is -0.469. The molecule has 0 aliphatic carbocycles. The van der Waals surface area contributed by atoms with Crippen LogP contribution in [-0.4, -0.2) is 95.6 Å². The van der Waals surface area contributed by atoms with E-state index in [9.17, 15) is 4.79 Å². The molecule has 0 amide bonds. The third-order valence-corrected chi connectivity index (χ3v) is 7.02. The monoisotopic (exact) mass is 543 g/mol. The highest BCUT2D eigenvalue weighted by atomic mass is 16.5. The summed E-state index contributed by atoms with van der Waals surface area (Å²) in [5, 5.41) is 0. The quantitative estimate of drug-likeness (QED) is 0.319. The van der Waals surface area contributed by atoms with Crippen molar-refractivity contribution in [2.45, 2.75) is 38.4 Å². The van der Waals surface area contributed by atoms with Gasteiger partial charge in [-0.2, -0.15) is 0 Å². The highest BCUT2D eigenvalue weighted by molar-refractivity contribution is 5.91. The maximum atomic E-state index is 12.2. The second kappa shape index (κ2) is 17.0. The Kier molecular flexibility index (Phi) is 13.4. The number of hydrogen-bond donors (Lipinski definition) is 1.